The van der Waals surface area contributed by atoms with Gasteiger partial charge < -0.3 is 9.64 Å². The van der Waals surface area contributed by atoms with Crippen molar-refractivity contribution in [1.29, 1.82) is 0 Å². The van der Waals surface area contributed by atoms with E-state index in [1.54, 1.807) is 13.1 Å². The first-order valence-electron chi connectivity index (χ1n) is 7.90. The summed E-state index contributed by atoms with van der Waals surface area (Å²) in [7, 11) is 0. The fourth-order valence-electron chi connectivity index (χ4n) is 2.18. The number of carbonyl (C=O) groups excluding carboxylic acids is 1. The molecule has 5 heteroatoms. The number of aromatic nitrogens is 2. The van der Waals surface area contributed by atoms with E-state index in [4.69, 9.17) is 4.74 Å². The SMILES string of the molecule is CCCc1nc(CCN(CC)CC)ncc1C(=O)OCC. The molecule has 5 nitrogen and oxygen atoms in total. The van der Waals surface area contributed by atoms with Crippen LogP contribution in [0.1, 0.15) is 56.0 Å². The molecule has 0 radical (unpaired) electrons. The van der Waals surface area contributed by atoms with Gasteiger partial charge in [0, 0.05) is 19.2 Å². The van der Waals surface area contributed by atoms with Crippen LogP contribution in [0.5, 0.6) is 0 Å². The highest BCUT2D eigenvalue weighted by atomic mass is 16.5. The van der Waals surface area contributed by atoms with Gasteiger partial charge in [-0.1, -0.05) is 27.2 Å². The second-order valence-electron chi connectivity index (χ2n) is 4.89. The lowest BCUT2D eigenvalue weighted by molar-refractivity contribution is 0.0524. The highest BCUT2D eigenvalue weighted by Gasteiger charge is 2.15. The molecule has 0 atom stereocenters. The van der Waals surface area contributed by atoms with Crippen LogP contribution < -0.4 is 0 Å². The number of hydrogen-bond donors (Lipinski definition) is 0. The van der Waals surface area contributed by atoms with E-state index in [2.05, 4.69) is 35.6 Å². The van der Waals surface area contributed by atoms with E-state index in [1.165, 1.54) is 0 Å². The minimum Gasteiger partial charge on any atom is -0.462 e. The van der Waals surface area contributed by atoms with E-state index >= 15 is 0 Å². The molecule has 1 aromatic heterocycles. The lowest BCUT2D eigenvalue weighted by Gasteiger charge is -2.17. The predicted molar refractivity (Wildman–Crippen MR) is 83.5 cm³/mol. The van der Waals surface area contributed by atoms with Crippen molar-refractivity contribution in [3.63, 3.8) is 0 Å². The molecule has 1 heterocycles. The van der Waals surface area contributed by atoms with Crippen molar-refractivity contribution in [1.82, 2.24) is 14.9 Å². The Morgan fingerprint density at radius 1 is 1.19 bits per heavy atom. The largest absolute Gasteiger partial charge is 0.462 e. The number of aryl methyl sites for hydroxylation is 1. The lowest BCUT2D eigenvalue weighted by Crippen LogP contribution is -2.26. The summed E-state index contributed by atoms with van der Waals surface area (Å²) >= 11 is 0. The predicted octanol–water partition coefficient (Wildman–Crippen LogP) is 2.49. The summed E-state index contributed by atoms with van der Waals surface area (Å²) in [6, 6.07) is 0. The topological polar surface area (TPSA) is 55.3 Å². The normalized spacial score (nSPS) is 10.9. The first kappa shape index (κ1) is 17.6. The van der Waals surface area contributed by atoms with Crippen LogP contribution in [0.15, 0.2) is 6.20 Å². The van der Waals surface area contributed by atoms with Crippen molar-refractivity contribution in [2.45, 2.75) is 47.0 Å². The molecule has 0 aliphatic heterocycles. The lowest BCUT2D eigenvalue weighted by atomic mass is 10.1. The number of rotatable bonds is 9. The van der Waals surface area contributed by atoms with Gasteiger partial charge >= 0.3 is 5.97 Å². The van der Waals surface area contributed by atoms with Crippen molar-refractivity contribution in [2.24, 2.45) is 0 Å². The minimum absolute atomic E-state index is 0.323. The van der Waals surface area contributed by atoms with Gasteiger partial charge in [-0.2, -0.15) is 0 Å². The third kappa shape index (κ3) is 5.42. The number of esters is 1. The molecular formula is C16H27N3O2. The summed E-state index contributed by atoms with van der Waals surface area (Å²) in [5.74, 6) is 0.481. The molecule has 0 aromatic carbocycles. The van der Waals surface area contributed by atoms with Crippen molar-refractivity contribution in [2.75, 3.05) is 26.2 Å². The monoisotopic (exact) mass is 293 g/mol. The number of hydrogen-bond acceptors (Lipinski definition) is 5. The fraction of sp³-hybridized carbons (Fsp3) is 0.688. The summed E-state index contributed by atoms with van der Waals surface area (Å²) in [5, 5.41) is 0. The van der Waals surface area contributed by atoms with Gasteiger partial charge in [0.1, 0.15) is 5.82 Å². The van der Waals surface area contributed by atoms with E-state index in [0.717, 1.165) is 50.4 Å². The highest BCUT2D eigenvalue weighted by molar-refractivity contribution is 5.90. The van der Waals surface area contributed by atoms with Gasteiger partial charge in [0.15, 0.2) is 0 Å². The van der Waals surface area contributed by atoms with Crippen LogP contribution in [0, 0.1) is 0 Å². The first-order valence-corrected chi connectivity index (χ1v) is 7.90. The molecule has 0 bridgehead atoms. The molecule has 0 saturated heterocycles. The van der Waals surface area contributed by atoms with Crippen LogP contribution in [0.4, 0.5) is 0 Å². The summed E-state index contributed by atoms with van der Waals surface area (Å²) in [6.07, 6.45) is 4.14. The Kier molecular flexibility index (Phi) is 7.90. The summed E-state index contributed by atoms with van der Waals surface area (Å²) in [5.41, 5.74) is 1.31. The molecule has 0 fully saturated rings. The van der Waals surface area contributed by atoms with Crippen molar-refractivity contribution >= 4 is 5.97 Å². The molecule has 1 rings (SSSR count). The number of likely N-dealkylation sites (N-methyl/N-ethyl adjacent to an activating group) is 1. The van der Waals surface area contributed by atoms with Crippen LogP contribution in [-0.2, 0) is 17.6 Å². The zero-order valence-corrected chi connectivity index (χ0v) is 13.7. The summed E-state index contributed by atoms with van der Waals surface area (Å²) < 4.78 is 5.06. The van der Waals surface area contributed by atoms with Crippen molar-refractivity contribution in [3.8, 4) is 0 Å². The van der Waals surface area contributed by atoms with E-state index in [1.807, 2.05) is 0 Å². The van der Waals surface area contributed by atoms with Crippen LogP contribution in [0.2, 0.25) is 0 Å². The Morgan fingerprint density at radius 3 is 2.48 bits per heavy atom. The molecule has 21 heavy (non-hydrogen) atoms. The van der Waals surface area contributed by atoms with E-state index in [0.29, 0.717) is 12.2 Å². The molecule has 0 aliphatic rings. The number of nitrogens with zero attached hydrogens (tertiary/aromatic N) is 3. The Labute approximate surface area is 127 Å². The average molecular weight is 293 g/mol. The maximum absolute atomic E-state index is 11.9. The summed E-state index contributed by atoms with van der Waals surface area (Å²) in [6.45, 7) is 11.5. The number of carbonyl (C=O) groups is 1. The van der Waals surface area contributed by atoms with Crippen LogP contribution in [0.25, 0.3) is 0 Å². The fourth-order valence-corrected chi connectivity index (χ4v) is 2.18. The molecular weight excluding hydrogens is 266 g/mol. The molecule has 0 saturated carbocycles. The van der Waals surface area contributed by atoms with E-state index < -0.39 is 0 Å². The van der Waals surface area contributed by atoms with Crippen LogP contribution in [-0.4, -0.2) is 47.1 Å². The Balaban J connectivity index is 2.84. The summed E-state index contributed by atoms with van der Waals surface area (Å²) in [4.78, 5) is 23.1. The second-order valence-corrected chi connectivity index (χ2v) is 4.89. The van der Waals surface area contributed by atoms with E-state index in [9.17, 15) is 4.79 Å². The third-order valence-electron chi connectivity index (χ3n) is 3.45. The molecule has 118 valence electrons. The zero-order chi connectivity index (χ0) is 15.7. The van der Waals surface area contributed by atoms with Gasteiger partial charge in [0.05, 0.1) is 17.9 Å². The Bertz CT molecular complexity index is 445. The standard InChI is InChI=1S/C16H27N3O2/c1-5-9-14-13(16(20)21-8-4)12-17-15(18-14)10-11-19(6-2)7-3/h12H,5-11H2,1-4H3. The second kappa shape index (κ2) is 9.45. The minimum atomic E-state index is -0.323. The van der Waals surface area contributed by atoms with Crippen LogP contribution >= 0.6 is 0 Å². The average Bonchev–Trinajstić information content (AvgIpc) is 2.49. The molecule has 0 amide bonds. The van der Waals surface area contributed by atoms with Crippen molar-refractivity contribution in [3.05, 3.63) is 23.3 Å². The molecule has 0 spiro atoms. The van der Waals surface area contributed by atoms with Crippen LogP contribution in [0.3, 0.4) is 0 Å². The maximum Gasteiger partial charge on any atom is 0.341 e. The Morgan fingerprint density at radius 2 is 1.90 bits per heavy atom. The zero-order valence-electron chi connectivity index (χ0n) is 13.7. The first-order chi connectivity index (χ1) is 10.2. The van der Waals surface area contributed by atoms with Gasteiger partial charge in [0.25, 0.3) is 0 Å². The van der Waals surface area contributed by atoms with Gasteiger partial charge in [-0.3, -0.25) is 0 Å². The molecule has 0 N–H and O–H groups in total. The highest BCUT2D eigenvalue weighted by Crippen LogP contribution is 2.10. The number of ether oxygens (including phenoxy) is 1. The van der Waals surface area contributed by atoms with Gasteiger partial charge in [0.2, 0.25) is 0 Å². The smallest absolute Gasteiger partial charge is 0.341 e. The van der Waals surface area contributed by atoms with Gasteiger partial charge in [-0.15, -0.1) is 0 Å². The molecule has 1 aromatic rings. The molecule has 0 aliphatic carbocycles. The van der Waals surface area contributed by atoms with Gasteiger partial charge in [-0.05, 0) is 26.4 Å². The quantitative estimate of drug-likeness (QED) is 0.655. The maximum atomic E-state index is 11.9. The third-order valence-corrected chi connectivity index (χ3v) is 3.45. The van der Waals surface area contributed by atoms with E-state index in [-0.39, 0.29) is 5.97 Å². The molecule has 0 unspecified atom stereocenters. The van der Waals surface area contributed by atoms with Crippen molar-refractivity contribution < 1.29 is 9.53 Å². The Hall–Kier alpha value is -1.49. The van der Waals surface area contributed by atoms with Gasteiger partial charge in [-0.25, -0.2) is 14.8 Å².